The number of sulfonamides is 1. The van der Waals surface area contributed by atoms with Gasteiger partial charge in [0.1, 0.15) is 16.3 Å². The number of esters is 1. The van der Waals surface area contributed by atoms with E-state index in [1.165, 1.54) is 6.07 Å². The number of H-pyrrole nitrogens is 1. The number of aromatic nitrogens is 2. The minimum absolute atomic E-state index is 0.0342. The van der Waals surface area contributed by atoms with E-state index in [1.54, 1.807) is 6.92 Å². The van der Waals surface area contributed by atoms with Crippen LogP contribution in [0.25, 0.3) is 0 Å². The molecule has 1 heterocycles. The molecule has 0 saturated carbocycles. The van der Waals surface area contributed by atoms with E-state index >= 15 is 0 Å². The number of carbonyl (C=O) groups excluding carboxylic acids is 1. The lowest BCUT2D eigenvalue weighted by Crippen LogP contribution is -2.21. The lowest BCUT2D eigenvalue weighted by molar-refractivity contribution is -0.275. The molecule has 0 atom stereocenters. The molecule has 13 heteroatoms. The Kier molecular flexibility index (Phi) is 5.81. The molecule has 2 aromatic rings. The van der Waals surface area contributed by atoms with Gasteiger partial charge in [-0.2, -0.15) is 5.10 Å². The van der Waals surface area contributed by atoms with E-state index in [0.717, 1.165) is 18.3 Å². The number of halogens is 4. The Balaban J connectivity index is 2.41. The van der Waals surface area contributed by atoms with Gasteiger partial charge in [-0.15, -0.1) is 13.2 Å². The third-order valence-corrected chi connectivity index (χ3v) is 4.67. The van der Waals surface area contributed by atoms with Gasteiger partial charge in [-0.3, -0.25) is 9.82 Å². The maximum absolute atomic E-state index is 12.5. The van der Waals surface area contributed by atoms with Crippen LogP contribution in [0.2, 0.25) is 0 Å². The van der Waals surface area contributed by atoms with Crippen molar-refractivity contribution in [2.45, 2.75) is 18.2 Å². The van der Waals surface area contributed by atoms with Crippen LogP contribution in [0, 0.1) is 0 Å². The molecule has 0 radical (unpaired) electrons. The Morgan fingerprint density at radius 3 is 2.69 bits per heavy atom. The van der Waals surface area contributed by atoms with Crippen LogP contribution in [0.4, 0.5) is 19.0 Å². The first-order chi connectivity index (χ1) is 12.0. The third kappa shape index (κ3) is 4.88. The summed E-state index contributed by atoms with van der Waals surface area (Å²) >= 11 is 2.94. The number of rotatable bonds is 6. The molecule has 0 fully saturated rings. The number of carbonyl (C=O) groups is 1. The SMILES string of the molecule is CCOC(=O)c1cn[nH]c1NS(=O)(=O)c1ccc(Br)cc1OC(F)(F)F. The third-order valence-electron chi connectivity index (χ3n) is 2.79. The molecule has 0 unspecified atom stereocenters. The van der Waals surface area contributed by atoms with E-state index in [-0.39, 0.29) is 22.5 Å². The van der Waals surface area contributed by atoms with Gasteiger partial charge in [-0.1, -0.05) is 15.9 Å². The number of hydrogen-bond donors (Lipinski definition) is 2. The smallest absolute Gasteiger partial charge is 0.462 e. The number of benzene rings is 1. The standard InChI is InChI=1S/C13H11BrF3N3O5S/c1-2-24-12(21)8-6-18-19-11(8)20-26(22,23)10-4-3-7(14)5-9(10)25-13(15,16)17/h3-6H,2H2,1H3,(H2,18,19,20). The molecule has 1 aromatic carbocycles. The van der Waals surface area contributed by atoms with Crippen molar-refractivity contribution in [3.8, 4) is 5.75 Å². The summed E-state index contributed by atoms with van der Waals surface area (Å²) in [6.07, 6.45) is -4.08. The normalized spacial score (nSPS) is 11.9. The molecule has 2 N–H and O–H groups in total. The number of nitrogens with one attached hydrogen (secondary N) is 2. The summed E-state index contributed by atoms with van der Waals surface area (Å²) in [5, 5.41) is 5.76. The summed E-state index contributed by atoms with van der Waals surface area (Å²) in [4.78, 5) is 11.0. The molecular weight excluding hydrogens is 447 g/mol. The second kappa shape index (κ2) is 7.53. The van der Waals surface area contributed by atoms with Crippen LogP contribution in [0.15, 0.2) is 33.8 Å². The van der Waals surface area contributed by atoms with E-state index in [9.17, 15) is 26.4 Å². The van der Waals surface area contributed by atoms with Crippen molar-refractivity contribution >= 4 is 37.7 Å². The molecule has 0 amide bonds. The van der Waals surface area contributed by atoms with Crippen LogP contribution in [0.1, 0.15) is 17.3 Å². The summed E-state index contributed by atoms with van der Waals surface area (Å²) in [6, 6.07) is 2.98. The van der Waals surface area contributed by atoms with Crippen LogP contribution in [0.3, 0.4) is 0 Å². The van der Waals surface area contributed by atoms with Gasteiger partial charge in [0.15, 0.2) is 5.75 Å². The first-order valence-electron chi connectivity index (χ1n) is 6.82. The van der Waals surface area contributed by atoms with Gasteiger partial charge in [0, 0.05) is 4.47 Å². The van der Waals surface area contributed by atoms with Crippen LogP contribution >= 0.6 is 15.9 Å². The second-order valence-electron chi connectivity index (χ2n) is 4.62. The Hall–Kier alpha value is -2.28. The largest absolute Gasteiger partial charge is 0.573 e. The molecule has 8 nitrogen and oxygen atoms in total. The highest BCUT2D eigenvalue weighted by atomic mass is 79.9. The second-order valence-corrected chi connectivity index (χ2v) is 7.19. The predicted octanol–water partition coefficient (Wildman–Crippen LogP) is 3.05. The number of anilines is 1. The van der Waals surface area contributed by atoms with Gasteiger partial charge in [-0.05, 0) is 25.1 Å². The molecule has 1 aromatic heterocycles. The Morgan fingerprint density at radius 2 is 2.08 bits per heavy atom. The molecule has 0 spiro atoms. The minimum atomic E-state index is -5.10. The van der Waals surface area contributed by atoms with Crippen molar-refractivity contribution in [3.05, 3.63) is 34.4 Å². The fourth-order valence-electron chi connectivity index (χ4n) is 1.83. The topological polar surface area (TPSA) is 110 Å². The van der Waals surface area contributed by atoms with Crippen molar-refractivity contribution in [1.82, 2.24) is 10.2 Å². The van der Waals surface area contributed by atoms with Crippen molar-refractivity contribution in [2.24, 2.45) is 0 Å². The lowest BCUT2D eigenvalue weighted by atomic mass is 10.3. The van der Waals surface area contributed by atoms with E-state index < -0.39 is 33.0 Å². The van der Waals surface area contributed by atoms with Crippen LogP contribution in [0.5, 0.6) is 5.75 Å². The van der Waals surface area contributed by atoms with Crippen molar-refractivity contribution < 1.29 is 35.9 Å². The summed E-state index contributed by atoms with van der Waals surface area (Å²) in [5.74, 6) is -2.16. The molecule has 0 aliphatic heterocycles. The zero-order chi connectivity index (χ0) is 19.5. The van der Waals surface area contributed by atoms with E-state index in [2.05, 4.69) is 30.9 Å². The van der Waals surface area contributed by atoms with E-state index in [0.29, 0.717) is 0 Å². The fourth-order valence-corrected chi connectivity index (χ4v) is 3.31. The summed E-state index contributed by atoms with van der Waals surface area (Å²) < 4.78 is 73.2. The van der Waals surface area contributed by atoms with Gasteiger partial charge in [-0.25, -0.2) is 13.2 Å². The maximum Gasteiger partial charge on any atom is 0.573 e. The van der Waals surface area contributed by atoms with Crippen LogP contribution in [-0.4, -0.2) is 37.6 Å². The predicted molar refractivity (Wildman–Crippen MR) is 86.2 cm³/mol. The zero-order valence-electron chi connectivity index (χ0n) is 12.9. The van der Waals surface area contributed by atoms with Crippen molar-refractivity contribution in [3.63, 3.8) is 0 Å². The molecule has 0 bridgehead atoms. The minimum Gasteiger partial charge on any atom is -0.462 e. The zero-order valence-corrected chi connectivity index (χ0v) is 15.3. The summed E-state index contributed by atoms with van der Waals surface area (Å²) in [6.45, 7) is 1.58. The van der Waals surface area contributed by atoms with Gasteiger partial charge in [0.05, 0.1) is 12.8 Å². The van der Waals surface area contributed by atoms with Gasteiger partial charge >= 0.3 is 12.3 Å². The van der Waals surface area contributed by atoms with Gasteiger partial charge in [0.2, 0.25) is 0 Å². The van der Waals surface area contributed by atoms with Crippen molar-refractivity contribution in [2.75, 3.05) is 11.3 Å². The number of nitrogens with zero attached hydrogens (tertiary/aromatic N) is 1. The number of alkyl halides is 3. The van der Waals surface area contributed by atoms with Crippen molar-refractivity contribution in [1.29, 1.82) is 0 Å². The molecule has 0 saturated heterocycles. The Morgan fingerprint density at radius 1 is 1.38 bits per heavy atom. The maximum atomic E-state index is 12.5. The molecule has 142 valence electrons. The number of ether oxygens (including phenoxy) is 2. The molecule has 2 rings (SSSR count). The number of aromatic amines is 1. The first-order valence-corrected chi connectivity index (χ1v) is 9.09. The average Bonchev–Trinajstić information content (AvgIpc) is 2.93. The monoisotopic (exact) mass is 457 g/mol. The Labute approximate surface area is 153 Å². The highest BCUT2D eigenvalue weighted by Gasteiger charge is 2.34. The molecule has 26 heavy (non-hydrogen) atoms. The summed E-state index contributed by atoms with van der Waals surface area (Å²) in [5.41, 5.74) is -0.231. The first kappa shape index (κ1) is 20.0. The molecule has 0 aliphatic rings. The quantitative estimate of drug-likeness (QED) is 0.644. The summed E-state index contributed by atoms with van der Waals surface area (Å²) in [7, 11) is -4.55. The van der Waals surface area contributed by atoms with Crippen LogP contribution in [-0.2, 0) is 14.8 Å². The van der Waals surface area contributed by atoms with Gasteiger partial charge in [0.25, 0.3) is 10.0 Å². The molecule has 0 aliphatic carbocycles. The highest BCUT2D eigenvalue weighted by Crippen LogP contribution is 2.33. The average molecular weight is 458 g/mol. The number of hydrogen-bond acceptors (Lipinski definition) is 6. The fraction of sp³-hybridized carbons (Fsp3) is 0.231. The van der Waals surface area contributed by atoms with E-state index in [1.807, 2.05) is 4.72 Å². The lowest BCUT2D eigenvalue weighted by Gasteiger charge is -2.14. The van der Waals surface area contributed by atoms with Gasteiger partial charge < -0.3 is 9.47 Å². The molecular formula is C13H11BrF3N3O5S. The van der Waals surface area contributed by atoms with E-state index in [4.69, 9.17) is 4.74 Å². The van der Waals surface area contributed by atoms with Crippen LogP contribution < -0.4 is 9.46 Å². The Bertz CT molecular complexity index is 914. The highest BCUT2D eigenvalue weighted by molar-refractivity contribution is 9.10.